The van der Waals surface area contributed by atoms with Crippen LogP contribution < -0.4 is 14.4 Å². The van der Waals surface area contributed by atoms with Crippen LogP contribution in [0.15, 0.2) is 18.2 Å². The molecular formula is C22H27ClN2O6S2. The van der Waals surface area contributed by atoms with Gasteiger partial charge < -0.3 is 14.8 Å². The largest absolute Gasteiger partial charge is 0.495 e. The lowest BCUT2D eigenvalue weighted by atomic mass is 9.95. The van der Waals surface area contributed by atoms with E-state index in [0.29, 0.717) is 16.3 Å². The van der Waals surface area contributed by atoms with Gasteiger partial charge in [0.15, 0.2) is 0 Å². The Hall–Kier alpha value is -2.30. The van der Waals surface area contributed by atoms with E-state index in [9.17, 15) is 18.0 Å². The lowest BCUT2D eigenvalue weighted by molar-refractivity contribution is -0.116. The summed E-state index contributed by atoms with van der Waals surface area (Å²) < 4.78 is 36.6. The third kappa shape index (κ3) is 5.44. The van der Waals surface area contributed by atoms with Gasteiger partial charge in [-0.25, -0.2) is 13.2 Å². The zero-order valence-corrected chi connectivity index (χ0v) is 21.3. The molecule has 1 unspecified atom stereocenters. The third-order valence-corrected chi connectivity index (χ3v) is 8.11. The van der Waals surface area contributed by atoms with Crippen molar-refractivity contribution in [2.45, 2.75) is 45.6 Å². The summed E-state index contributed by atoms with van der Waals surface area (Å²) in [4.78, 5) is 26.9. The molecule has 0 radical (unpaired) electrons. The molecule has 0 bridgehead atoms. The van der Waals surface area contributed by atoms with Gasteiger partial charge in [0.2, 0.25) is 15.9 Å². The highest BCUT2D eigenvalue weighted by Gasteiger charge is 2.32. The van der Waals surface area contributed by atoms with Crippen LogP contribution in [-0.4, -0.2) is 46.3 Å². The molecule has 1 N–H and O–H groups in total. The number of hydrogen-bond donors (Lipinski definition) is 1. The molecule has 0 aliphatic heterocycles. The lowest BCUT2D eigenvalue weighted by Gasteiger charge is -2.28. The number of methoxy groups -OCH3 is 1. The normalized spacial score (nSPS) is 14.2. The fraction of sp³-hybridized carbons (Fsp3) is 0.455. The number of nitrogens with one attached hydrogen (secondary N) is 1. The summed E-state index contributed by atoms with van der Waals surface area (Å²) in [5, 5.41) is 3.38. The van der Waals surface area contributed by atoms with Crippen LogP contribution in [-0.2, 0) is 32.4 Å². The Morgan fingerprint density at radius 3 is 2.58 bits per heavy atom. The average Bonchev–Trinajstić information content (AvgIpc) is 3.11. The molecule has 2 aromatic rings. The van der Waals surface area contributed by atoms with Gasteiger partial charge in [0, 0.05) is 4.88 Å². The van der Waals surface area contributed by atoms with Crippen molar-refractivity contribution in [2.75, 3.05) is 29.6 Å². The molecule has 33 heavy (non-hydrogen) atoms. The van der Waals surface area contributed by atoms with E-state index in [1.165, 1.54) is 43.6 Å². The molecule has 1 aliphatic carbocycles. The predicted molar refractivity (Wildman–Crippen MR) is 130 cm³/mol. The smallest absolute Gasteiger partial charge is 0.341 e. The predicted octanol–water partition coefficient (Wildman–Crippen LogP) is 4.26. The molecule has 1 amide bonds. The maximum Gasteiger partial charge on any atom is 0.341 e. The summed E-state index contributed by atoms with van der Waals surface area (Å²) in [6.45, 7) is 3.42. The second kappa shape index (κ2) is 10.3. The molecule has 3 rings (SSSR count). The van der Waals surface area contributed by atoms with E-state index in [1.54, 1.807) is 6.92 Å². The first kappa shape index (κ1) is 25.3. The van der Waals surface area contributed by atoms with Gasteiger partial charge in [-0.15, -0.1) is 11.3 Å². The van der Waals surface area contributed by atoms with Crippen molar-refractivity contribution in [1.29, 1.82) is 0 Å². The fourth-order valence-corrected chi connectivity index (χ4v) is 6.59. The molecule has 1 aromatic carbocycles. The van der Waals surface area contributed by atoms with Gasteiger partial charge in [0.25, 0.3) is 0 Å². The first-order chi connectivity index (χ1) is 15.6. The van der Waals surface area contributed by atoms with Crippen LogP contribution in [0.25, 0.3) is 0 Å². The second-order valence-electron chi connectivity index (χ2n) is 7.68. The Balaban J connectivity index is 1.95. The highest BCUT2D eigenvalue weighted by Crippen LogP contribution is 2.39. The molecular weight excluding hydrogens is 488 g/mol. The summed E-state index contributed by atoms with van der Waals surface area (Å²) in [6, 6.07) is 3.37. The van der Waals surface area contributed by atoms with Crippen LogP contribution >= 0.6 is 22.9 Å². The van der Waals surface area contributed by atoms with Crippen LogP contribution in [0.4, 0.5) is 10.7 Å². The van der Waals surface area contributed by atoms with Gasteiger partial charge in [-0.3, -0.25) is 9.10 Å². The number of ether oxygens (including phenoxy) is 2. The van der Waals surface area contributed by atoms with E-state index in [2.05, 4.69) is 5.32 Å². The Morgan fingerprint density at radius 1 is 1.27 bits per heavy atom. The molecule has 11 heteroatoms. The van der Waals surface area contributed by atoms with E-state index < -0.39 is 27.9 Å². The van der Waals surface area contributed by atoms with Gasteiger partial charge in [0.05, 0.1) is 36.2 Å². The van der Waals surface area contributed by atoms with Gasteiger partial charge in [-0.1, -0.05) is 11.6 Å². The number of hydrogen-bond acceptors (Lipinski definition) is 7. The molecule has 1 atom stereocenters. The number of nitrogens with zero attached hydrogens (tertiary/aromatic N) is 1. The summed E-state index contributed by atoms with van der Waals surface area (Å²) in [6.07, 6.45) is 4.56. The molecule has 1 heterocycles. The number of esters is 1. The van der Waals surface area contributed by atoms with Gasteiger partial charge in [-0.2, -0.15) is 0 Å². The van der Waals surface area contributed by atoms with E-state index in [0.717, 1.165) is 46.7 Å². The van der Waals surface area contributed by atoms with Gasteiger partial charge in [-0.05, 0) is 63.3 Å². The van der Waals surface area contributed by atoms with Crippen molar-refractivity contribution in [2.24, 2.45) is 0 Å². The topological polar surface area (TPSA) is 102 Å². The van der Waals surface area contributed by atoms with Crippen LogP contribution in [0.2, 0.25) is 5.02 Å². The molecule has 0 saturated carbocycles. The number of rotatable bonds is 8. The summed E-state index contributed by atoms with van der Waals surface area (Å²) >= 11 is 7.53. The lowest BCUT2D eigenvalue weighted by Crippen LogP contribution is -2.45. The van der Waals surface area contributed by atoms with E-state index >= 15 is 0 Å². The zero-order valence-electron chi connectivity index (χ0n) is 18.9. The summed E-state index contributed by atoms with van der Waals surface area (Å²) in [5.74, 6) is -0.674. The van der Waals surface area contributed by atoms with Crippen LogP contribution in [0.1, 0.15) is 47.5 Å². The number of anilines is 2. The van der Waals surface area contributed by atoms with Crippen molar-refractivity contribution < 1.29 is 27.5 Å². The SMILES string of the molecule is CCOC(=O)c1c(NC(=O)C(C)N(c2ccc(OC)c(Cl)c2)S(C)(=O)=O)sc2c1CCCC2. The minimum absolute atomic E-state index is 0.215. The van der Waals surface area contributed by atoms with Crippen molar-refractivity contribution in [1.82, 2.24) is 0 Å². The third-order valence-electron chi connectivity index (χ3n) is 5.37. The van der Waals surface area contributed by atoms with Gasteiger partial charge >= 0.3 is 5.97 Å². The maximum absolute atomic E-state index is 13.2. The first-order valence-corrected chi connectivity index (χ1v) is 13.6. The number of benzene rings is 1. The monoisotopic (exact) mass is 514 g/mol. The highest BCUT2D eigenvalue weighted by molar-refractivity contribution is 7.92. The molecule has 0 saturated heterocycles. The Morgan fingerprint density at radius 2 is 1.97 bits per heavy atom. The van der Waals surface area contributed by atoms with E-state index in [-0.39, 0.29) is 17.3 Å². The number of fused-ring (bicyclic) bond motifs is 1. The Labute approximate surface area is 202 Å². The molecule has 1 aliphatic rings. The molecule has 1 aromatic heterocycles. The zero-order chi connectivity index (χ0) is 24.3. The minimum Gasteiger partial charge on any atom is -0.495 e. The minimum atomic E-state index is -3.84. The summed E-state index contributed by atoms with van der Waals surface area (Å²) in [5.41, 5.74) is 1.51. The maximum atomic E-state index is 13.2. The van der Waals surface area contributed by atoms with E-state index in [4.69, 9.17) is 21.1 Å². The quantitative estimate of drug-likeness (QED) is 0.528. The highest BCUT2D eigenvalue weighted by atomic mass is 35.5. The number of thiophene rings is 1. The molecule has 180 valence electrons. The number of carbonyl (C=O) groups excluding carboxylic acids is 2. The fourth-order valence-electron chi connectivity index (χ4n) is 3.89. The number of carbonyl (C=O) groups is 2. The standard InChI is InChI=1S/C22H27ClN2O6S2/c1-5-31-22(27)19-15-8-6-7-9-18(15)32-21(19)24-20(26)13(2)25(33(4,28)29)14-10-11-17(30-3)16(23)12-14/h10-13H,5-9H2,1-4H3,(H,24,26). The average molecular weight is 515 g/mol. The number of sulfonamides is 1. The van der Waals surface area contributed by atoms with Crippen LogP contribution in [0.5, 0.6) is 5.75 Å². The van der Waals surface area contributed by atoms with Crippen molar-refractivity contribution in [3.8, 4) is 5.75 Å². The number of halogens is 1. The number of amides is 1. The van der Waals surface area contributed by atoms with Crippen LogP contribution in [0.3, 0.4) is 0 Å². The summed E-state index contributed by atoms with van der Waals surface area (Å²) in [7, 11) is -2.39. The first-order valence-electron chi connectivity index (χ1n) is 10.5. The molecule has 0 spiro atoms. The Bertz CT molecular complexity index is 1160. The second-order valence-corrected chi connectivity index (χ2v) is 11.1. The molecule has 8 nitrogen and oxygen atoms in total. The molecule has 0 fully saturated rings. The van der Waals surface area contributed by atoms with E-state index in [1.807, 2.05) is 0 Å². The van der Waals surface area contributed by atoms with Crippen molar-refractivity contribution in [3.63, 3.8) is 0 Å². The van der Waals surface area contributed by atoms with Crippen molar-refractivity contribution in [3.05, 3.63) is 39.2 Å². The van der Waals surface area contributed by atoms with Gasteiger partial charge in [0.1, 0.15) is 16.8 Å². The van der Waals surface area contributed by atoms with Crippen LogP contribution in [0, 0.1) is 0 Å². The Kier molecular flexibility index (Phi) is 7.92. The van der Waals surface area contributed by atoms with Crippen molar-refractivity contribution >= 4 is 55.5 Å². The number of aryl methyl sites for hydroxylation is 1.